The van der Waals surface area contributed by atoms with Gasteiger partial charge in [0.05, 0.1) is 24.9 Å². The average Bonchev–Trinajstić information content (AvgIpc) is 2.55. The first-order valence-corrected chi connectivity index (χ1v) is 7.84. The van der Waals surface area contributed by atoms with Crippen LogP contribution in [0.5, 0.6) is 11.5 Å². The number of hydrogen-bond donors (Lipinski definition) is 2. The Kier molecular flexibility index (Phi) is 6.07. The van der Waals surface area contributed by atoms with E-state index >= 15 is 0 Å². The summed E-state index contributed by atoms with van der Waals surface area (Å²) in [6.45, 7) is 2.70. The van der Waals surface area contributed by atoms with Crippen molar-refractivity contribution in [3.63, 3.8) is 0 Å². The molecule has 0 aliphatic heterocycles. The SMILES string of the molecule is COc1cc(NC(=S)NCc2ccc(C)cc2)c(OC)cc1Cl. The summed E-state index contributed by atoms with van der Waals surface area (Å²) in [5.74, 6) is 1.14. The largest absolute Gasteiger partial charge is 0.495 e. The van der Waals surface area contributed by atoms with Crippen LogP contribution in [0.1, 0.15) is 11.1 Å². The van der Waals surface area contributed by atoms with Gasteiger partial charge in [-0.2, -0.15) is 0 Å². The number of halogens is 1. The molecule has 0 aromatic heterocycles. The number of nitrogens with one attached hydrogen (secondary N) is 2. The van der Waals surface area contributed by atoms with Gasteiger partial charge < -0.3 is 20.1 Å². The number of methoxy groups -OCH3 is 2. The van der Waals surface area contributed by atoms with E-state index in [1.54, 1.807) is 26.4 Å². The Morgan fingerprint density at radius 1 is 1.09 bits per heavy atom. The van der Waals surface area contributed by atoms with Crippen LogP contribution in [0.2, 0.25) is 5.02 Å². The number of benzene rings is 2. The zero-order valence-corrected chi connectivity index (χ0v) is 14.8. The molecule has 0 amide bonds. The highest BCUT2D eigenvalue weighted by atomic mass is 35.5. The Morgan fingerprint density at radius 2 is 1.74 bits per heavy atom. The summed E-state index contributed by atoms with van der Waals surface area (Å²) in [6, 6.07) is 11.7. The van der Waals surface area contributed by atoms with Crippen molar-refractivity contribution in [1.29, 1.82) is 0 Å². The summed E-state index contributed by atoms with van der Waals surface area (Å²) >= 11 is 11.4. The molecule has 23 heavy (non-hydrogen) atoms. The third kappa shape index (κ3) is 4.74. The number of anilines is 1. The van der Waals surface area contributed by atoms with Crippen LogP contribution >= 0.6 is 23.8 Å². The fourth-order valence-corrected chi connectivity index (χ4v) is 2.43. The molecule has 0 spiro atoms. The number of ether oxygens (including phenoxy) is 2. The van der Waals surface area contributed by atoms with Crippen LogP contribution in [0.4, 0.5) is 5.69 Å². The van der Waals surface area contributed by atoms with Crippen LogP contribution in [0.15, 0.2) is 36.4 Å². The van der Waals surface area contributed by atoms with Crippen LogP contribution in [0, 0.1) is 6.92 Å². The van der Waals surface area contributed by atoms with Gasteiger partial charge in [-0.05, 0) is 24.7 Å². The summed E-state index contributed by atoms with van der Waals surface area (Å²) in [5.41, 5.74) is 3.07. The van der Waals surface area contributed by atoms with Crippen molar-refractivity contribution in [2.24, 2.45) is 0 Å². The normalized spacial score (nSPS) is 10.1. The zero-order valence-electron chi connectivity index (χ0n) is 13.3. The van der Waals surface area contributed by atoms with Crippen LogP contribution in [0.3, 0.4) is 0 Å². The molecular formula is C17H19ClN2O2S. The second kappa shape index (κ2) is 8.04. The molecule has 2 N–H and O–H groups in total. The molecular weight excluding hydrogens is 332 g/mol. The highest BCUT2D eigenvalue weighted by Gasteiger charge is 2.11. The lowest BCUT2D eigenvalue weighted by molar-refractivity contribution is 0.405. The van der Waals surface area contributed by atoms with Gasteiger partial charge in [-0.15, -0.1) is 0 Å². The summed E-state index contributed by atoms with van der Waals surface area (Å²) in [5, 5.41) is 7.24. The molecule has 6 heteroatoms. The quantitative estimate of drug-likeness (QED) is 0.793. The Labute approximate surface area is 146 Å². The van der Waals surface area contributed by atoms with Gasteiger partial charge in [0.15, 0.2) is 5.11 Å². The molecule has 2 rings (SSSR count). The van der Waals surface area contributed by atoms with Crippen molar-refractivity contribution in [2.75, 3.05) is 19.5 Å². The second-order valence-electron chi connectivity index (χ2n) is 4.98. The fourth-order valence-electron chi connectivity index (χ4n) is 2.01. The second-order valence-corrected chi connectivity index (χ2v) is 5.80. The molecule has 0 aliphatic rings. The number of hydrogen-bond acceptors (Lipinski definition) is 3. The molecule has 122 valence electrons. The van der Waals surface area contributed by atoms with E-state index in [4.69, 9.17) is 33.3 Å². The third-order valence-corrected chi connectivity index (χ3v) is 3.84. The fraction of sp³-hybridized carbons (Fsp3) is 0.235. The predicted molar refractivity (Wildman–Crippen MR) is 98.8 cm³/mol. The Bertz CT molecular complexity index is 690. The van der Waals surface area contributed by atoms with Gasteiger partial charge in [0.1, 0.15) is 11.5 Å². The minimum Gasteiger partial charge on any atom is -0.495 e. The van der Waals surface area contributed by atoms with Crippen LogP contribution in [-0.4, -0.2) is 19.3 Å². The number of aryl methyl sites for hydroxylation is 1. The third-order valence-electron chi connectivity index (χ3n) is 3.30. The van der Waals surface area contributed by atoms with E-state index in [1.165, 1.54) is 5.56 Å². The zero-order chi connectivity index (χ0) is 16.8. The van der Waals surface area contributed by atoms with E-state index in [1.807, 2.05) is 0 Å². The van der Waals surface area contributed by atoms with E-state index in [0.29, 0.717) is 33.9 Å². The highest BCUT2D eigenvalue weighted by Crippen LogP contribution is 2.35. The van der Waals surface area contributed by atoms with E-state index in [9.17, 15) is 0 Å². The van der Waals surface area contributed by atoms with Crippen molar-refractivity contribution in [3.8, 4) is 11.5 Å². The molecule has 2 aromatic rings. The molecule has 0 saturated heterocycles. The molecule has 2 aromatic carbocycles. The highest BCUT2D eigenvalue weighted by molar-refractivity contribution is 7.80. The molecule has 0 fully saturated rings. The van der Waals surface area contributed by atoms with E-state index in [-0.39, 0.29) is 0 Å². The van der Waals surface area contributed by atoms with Gasteiger partial charge in [0.2, 0.25) is 0 Å². The van der Waals surface area contributed by atoms with Crippen molar-refractivity contribution >= 4 is 34.6 Å². The molecule has 0 aliphatic carbocycles. The van der Waals surface area contributed by atoms with Gasteiger partial charge in [0, 0.05) is 18.7 Å². The predicted octanol–water partition coefficient (Wildman–Crippen LogP) is 4.15. The summed E-state index contributed by atoms with van der Waals surface area (Å²) in [6.07, 6.45) is 0. The maximum Gasteiger partial charge on any atom is 0.171 e. The van der Waals surface area contributed by atoms with Crippen molar-refractivity contribution < 1.29 is 9.47 Å². The van der Waals surface area contributed by atoms with Gasteiger partial charge in [-0.25, -0.2) is 0 Å². The lowest BCUT2D eigenvalue weighted by atomic mass is 10.1. The minimum atomic E-state index is 0.480. The maximum atomic E-state index is 6.09. The molecule has 0 saturated carbocycles. The monoisotopic (exact) mass is 350 g/mol. The van der Waals surface area contributed by atoms with Gasteiger partial charge in [-0.3, -0.25) is 0 Å². The summed E-state index contributed by atoms with van der Waals surface area (Å²) in [4.78, 5) is 0. The van der Waals surface area contributed by atoms with Gasteiger partial charge >= 0.3 is 0 Å². The van der Waals surface area contributed by atoms with Crippen LogP contribution in [-0.2, 0) is 6.54 Å². The standard InChI is InChI=1S/C17H19ClN2O2S/c1-11-4-6-12(7-5-11)10-19-17(23)20-14-9-15(21-2)13(18)8-16(14)22-3/h4-9H,10H2,1-3H3,(H2,19,20,23). The molecule has 0 bridgehead atoms. The minimum absolute atomic E-state index is 0.480. The molecule has 0 unspecified atom stereocenters. The number of thiocarbonyl (C=S) groups is 1. The molecule has 0 heterocycles. The van der Waals surface area contributed by atoms with Gasteiger partial charge in [0.25, 0.3) is 0 Å². The first kappa shape index (κ1) is 17.4. The summed E-state index contributed by atoms with van der Waals surface area (Å²) < 4.78 is 10.5. The Balaban J connectivity index is 2.03. The lowest BCUT2D eigenvalue weighted by Crippen LogP contribution is -2.28. The summed E-state index contributed by atoms with van der Waals surface area (Å²) in [7, 11) is 3.14. The Morgan fingerprint density at radius 3 is 2.35 bits per heavy atom. The topological polar surface area (TPSA) is 42.5 Å². The average molecular weight is 351 g/mol. The van der Waals surface area contributed by atoms with Crippen LogP contribution in [0.25, 0.3) is 0 Å². The van der Waals surface area contributed by atoms with Crippen molar-refractivity contribution in [2.45, 2.75) is 13.5 Å². The van der Waals surface area contributed by atoms with Crippen molar-refractivity contribution in [1.82, 2.24) is 5.32 Å². The maximum absolute atomic E-state index is 6.09. The molecule has 0 atom stereocenters. The van der Waals surface area contributed by atoms with E-state index < -0.39 is 0 Å². The molecule has 0 radical (unpaired) electrons. The first-order chi connectivity index (χ1) is 11.0. The first-order valence-electron chi connectivity index (χ1n) is 7.05. The van der Waals surface area contributed by atoms with E-state index in [2.05, 4.69) is 41.8 Å². The smallest absolute Gasteiger partial charge is 0.171 e. The molecule has 4 nitrogen and oxygen atoms in total. The van der Waals surface area contributed by atoms with Crippen molar-refractivity contribution in [3.05, 3.63) is 52.5 Å². The van der Waals surface area contributed by atoms with E-state index in [0.717, 1.165) is 5.56 Å². The Hall–Kier alpha value is -1.98. The lowest BCUT2D eigenvalue weighted by Gasteiger charge is -2.15. The van der Waals surface area contributed by atoms with Crippen LogP contribution < -0.4 is 20.1 Å². The number of rotatable bonds is 5. The van der Waals surface area contributed by atoms with Gasteiger partial charge in [-0.1, -0.05) is 41.4 Å².